The van der Waals surface area contributed by atoms with Gasteiger partial charge in [-0.2, -0.15) is 0 Å². The number of aromatic nitrogens is 2. The highest BCUT2D eigenvalue weighted by Gasteiger charge is 2.04. The van der Waals surface area contributed by atoms with Gasteiger partial charge in [-0.1, -0.05) is 34.1 Å². The minimum Gasteiger partial charge on any atom is -0.397 e. The molecule has 0 saturated carbocycles. The Morgan fingerprint density at radius 2 is 1.78 bits per heavy atom. The predicted molar refractivity (Wildman–Crippen MR) is 77.1 cm³/mol. The van der Waals surface area contributed by atoms with Crippen molar-refractivity contribution in [3.63, 3.8) is 0 Å². The van der Waals surface area contributed by atoms with Gasteiger partial charge in [0, 0.05) is 10.0 Å². The number of benzene rings is 2. The molecule has 2 N–H and O–H groups in total. The summed E-state index contributed by atoms with van der Waals surface area (Å²) in [6.07, 6.45) is 1.75. The summed E-state index contributed by atoms with van der Waals surface area (Å²) < 4.78 is 1.05. The second-order valence-electron chi connectivity index (χ2n) is 3.98. The molecular formula is C14H10BrN3. The molecule has 0 amide bonds. The van der Waals surface area contributed by atoms with E-state index in [4.69, 9.17) is 5.73 Å². The molecule has 0 saturated heterocycles. The third kappa shape index (κ3) is 1.95. The SMILES string of the molecule is Nc1cccc2nc(-c3ccc(Br)cc3)cnc12. The molecule has 0 aliphatic heterocycles. The minimum absolute atomic E-state index is 0.655. The maximum Gasteiger partial charge on any atom is 0.112 e. The van der Waals surface area contributed by atoms with Gasteiger partial charge in [-0.05, 0) is 24.3 Å². The number of anilines is 1. The fourth-order valence-electron chi connectivity index (χ4n) is 1.82. The van der Waals surface area contributed by atoms with Crippen molar-refractivity contribution < 1.29 is 0 Å². The first kappa shape index (κ1) is 11.2. The molecule has 0 fully saturated rings. The molecule has 0 aliphatic rings. The Morgan fingerprint density at radius 1 is 1.00 bits per heavy atom. The maximum atomic E-state index is 5.86. The number of para-hydroxylation sites is 1. The van der Waals surface area contributed by atoms with Gasteiger partial charge in [0.25, 0.3) is 0 Å². The van der Waals surface area contributed by atoms with Crippen LogP contribution in [0.4, 0.5) is 5.69 Å². The van der Waals surface area contributed by atoms with Crippen LogP contribution in [0, 0.1) is 0 Å². The first-order valence-corrected chi connectivity index (χ1v) is 6.30. The van der Waals surface area contributed by atoms with E-state index in [1.165, 1.54) is 0 Å². The molecule has 0 bridgehead atoms. The lowest BCUT2D eigenvalue weighted by atomic mass is 10.1. The molecule has 3 aromatic rings. The summed E-state index contributed by atoms with van der Waals surface area (Å²) in [6, 6.07) is 13.6. The minimum atomic E-state index is 0.655. The average Bonchev–Trinajstić information content (AvgIpc) is 2.39. The maximum absolute atomic E-state index is 5.86. The summed E-state index contributed by atoms with van der Waals surface area (Å²) in [5.74, 6) is 0. The molecule has 0 unspecified atom stereocenters. The van der Waals surface area contributed by atoms with Gasteiger partial charge < -0.3 is 5.73 Å². The lowest BCUT2D eigenvalue weighted by Crippen LogP contribution is -1.93. The Kier molecular flexibility index (Phi) is 2.72. The van der Waals surface area contributed by atoms with E-state index in [0.717, 1.165) is 26.8 Å². The van der Waals surface area contributed by atoms with Crippen LogP contribution in [-0.2, 0) is 0 Å². The van der Waals surface area contributed by atoms with Crippen LogP contribution in [0.3, 0.4) is 0 Å². The summed E-state index contributed by atoms with van der Waals surface area (Å²) in [7, 11) is 0. The van der Waals surface area contributed by atoms with E-state index in [1.54, 1.807) is 6.20 Å². The third-order valence-corrected chi connectivity index (χ3v) is 3.27. The largest absolute Gasteiger partial charge is 0.397 e. The number of fused-ring (bicyclic) bond motifs is 1. The summed E-state index contributed by atoms with van der Waals surface area (Å²) in [5, 5.41) is 0. The molecule has 3 rings (SSSR count). The quantitative estimate of drug-likeness (QED) is 0.698. The molecule has 3 nitrogen and oxygen atoms in total. The normalized spacial score (nSPS) is 10.7. The number of rotatable bonds is 1. The smallest absolute Gasteiger partial charge is 0.112 e. The fourth-order valence-corrected chi connectivity index (χ4v) is 2.09. The van der Waals surface area contributed by atoms with Crippen molar-refractivity contribution in [2.45, 2.75) is 0 Å². The molecule has 4 heteroatoms. The van der Waals surface area contributed by atoms with Crippen LogP contribution in [0.15, 0.2) is 53.1 Å². The van der Waals surface area contributed by atoms with Crippen molar-refractivity contribution in [3.8, 4) is 11.3 Å². The Morgan fingerprint density at radius 3 is 2.56 bits per heavy atom. The van der Waals surface area contributed by atoms with Crippen molar-refractivity contribution in [2.24, 2.45) is 0 Å². The van der Waals surface area contributed by atoms with Crippen LogP contribution in [0.2, 0.25) is 0 Å². The standard InChI is InChI=1S/C14H10BrN3/c15-10-6-4-9(5-7-10)13-8-17-14-11(16)2-1-3-12(14)18-13/h1-8H,16H2. The second-order valence-corrected chi connectivity index (χ2v) is 4.89. The highest BCUT2D eigenvalue weighted by atomic mass is 79.9. The number of halogens is 1. The number of hydrogen-bond acceptors (Lipinski definition) is 3. The van der Waals surface area contributed by atoms with Crippen LogP contribution in [-0.4, -0.2) is 9.97 Å². The highest BCUT2D eigenvalue weighted by Crippen LogP contribution is 2.23. The van der Waals surface area contributed by atoms with Gasteiger partial charge in [0.1, 0.15) is 5.52 Å². The van der Waals surface area contributed by atoms with Gasteiger partial charge in [0.15, 0.2) is 0 Å². The molecule has 1 aromatic heterocycles. The molecule has 0 aliphatic carbocycles. The Hall–Kier alpha value is -1.94. The Bertz CT molecular complexity index is 708. The lowest BCUT2D eigenvalue weighted by molar-refractivity contribution is 1.29. The number of nitrogens with two attached hydrogens (primary N) is 1. The zero-order chi connectivity index (χ0) is 12.5. The molecule has 88 valence electrons. The van der Waals surface area contributed by atoms with E-state index in [9.17, 15) is 0 Å². The second kappa shape index (κ2) is 4.38. The molecule has 0 spiro atoms. The Balaban J connectivity index is 2.16. The summed E-state index contributed by atoms with van der Waals surface area (Å²) in [6.45, 7) is 0. The number of hydrogen-bond donors (Lipinski definition) is 1. The molecule has 1 heterocycles. The Labute approximate surface area is 113 Å². The topological polar surface area (TPSA) is 51.8 Å². The van der Waals surface area contributed by atoms with E-state index in [2.05, 4.69) is 25.9 Å². The molecule has 0 atom stereocenters. The summed E-state index contributed by atoms with van der Waals surface area (Å²) in [4.78, 5) is 8.96. The molecular weight excluding hydrogens is 290 g/mol. The van der Waals surface area contributed by atoms with E-state index >= 15 is 0 Å². The lowest BCUT2D eigenvalue weighted by Gasteiger charge is -2.04. The van der Waals surface area contributed by atoms with Gasteiger partial charge in [0.05, 0.1) is 23.1 Å². The first-order valence-electron chi connectivity index (χ1n) is 5.51. The molecule has 18 heavy (non-hydrogen) atoms. The van der Waals surface area contributed by atoms with E-state index in [1.807, 2.05) is 42.5 Å². The fraction of sp³-hybridized carbons (Fsp3) is 0. The van der Waals surface area contributed by atoms with Gasteiger partial charge >= 0.3 is 0 Å². The van der Waals surface area contributed by atoms with Crippen molar-refractivity contribution in [3.05, 3.63) is 53.1 Å². The van der Waals surface area contributed by atoms with Crippen molar-refractivity contribution in [1.82, 2.24) is 9.97 Å². The van der Waals surface area contributed by atoms with E-state index in [0.29, 0.717) is 5.69 Å². The highest BCUT2D eigenvalue weighted by molar-refractivity contribution is 9.10. The van der Waals surface area contributed by atoms with E-state index < -0.39 is 0 Å². The summed E-state index contributed by atoms with van der Waals surface area (Å²) >= 11 is 3.41. The monoisotopic (exact) mass is 299 g/mol. The van der Waals surface area contributed by atoms with Crippen molar-refractivity contribution in [2.75, 3.05) is 5.73 Å². The summed E-state index contributed by atoms with van der Waals surface area (Å²) in [5.41, 5.74) is 9.96. The third-order valence-electron chi connectivity index (χ3n) is 2.74. The van der Waals surface area contributed by atoms with Crippen LogP contribution < -0.4 is 5.73 Å². The van der Waals surface area contributed by atoms with E-state index in [-0.39, 0.29) is 0 Å². The van der Waals surface area contributed by atoms with Crippen LogP contribution >= 0.6 is 15.9 Å². The van der Waals surface area contributed by atoms with Crippen LogP contribution in [0.5, 0.6) is 0 Å². The molecule has 0 radical (unpaired) electrons. The average molecular weight is 300 g/mol. The predicted octanol–water partition coefficient (Wildman–Crippen LogP) is 3.64. The molecule has 2 aromatic carbocycles. The van der Waals surface area contributed by atoms with Gasteiger partial charge in [-0.15, -0.1) is 0 Å². The van der Waals surface area contributed by atoms with Crippen LogP contribution in [0.1, 0.15) is 0 Å². The van der Waals surface area contributed by atoms with Crippen LogP contribution in [0.25, 0.3) is 22.3 Å². The van der Waals surface area contributed by atoms with Gasteiger partial charge in [0.2, 0.25) is 0 Å². The first-order chi connectivity index (χ1) is 8.74. The van der Waals surface area contributed by atoms with Gasteiger partial charge in [-0.25, -0.2) is 4.98 Å². The zero-order valence-electron chi connectivity index (χ0n) is 9.47. The van der Waals surface area contributed by atoms with Crippen molar-refractivity contribution in [1.29, 1.82) is 0 Å². The number of nitrogen functional groups attached to an aromatic ring is 1. The number of nitrogens with zero attached hydrogens (tertiary/aromatic N) is 2. The zero-order valence-corrected chi connectivity index (χ0v) is 11.1. The van der Waals surface area contributed by atoms with Gasteiger partial charge in [-0.3, -0.25) is 4.98 Å². The van der Waals surface area contributed by atoms with Crippen molar-refractivity contribution >= 4 is 32.7 Å².